The maximum Gasteiger partial charge on any atom is 0.0693 e. The molecule has 0 amide bonds. The van der Waals surface area contributed by atoms with E-state index in [2.05, 4.69) is 24.2 Å². The molecule has 2 rings (SSSR count). The van der Waals surface area contributed by atoms with Crippen LogP contribution in [-0.2, 0) is 0 Å². The summed E-state index contributed by atoms with van der Waals surface area (Å²) in [6, 6.07) is 0.358. The van der Waals surface area contributed by atoms with Crippen molar-refractivity contribution >= 4 is 0 Å². The molecule has 0 aromatic carbocycles. The van der Waals surface area contributed by atoms with Crippen LogP contribution in [0.15, 0.2) is 0 Å². The molecule has 0 aromatic heterocycles. The molecule has 2 fully saturated rings. The van der Waals surface area contributed by atoms with E-state index in [0.29, 0.717) is 11.5 Å². The second-order valence-corrected chi connectivity index (χ2v) is 6.10. The van der Waals surface area contributed by atoms with Crippen molar-refractivity contribution in [3.05, 3.63) is 0 Å². The average Bonchev–Trinajstić information content (AvgIpc) is 2.67. The summed E-state index contributed by atoms with van der Waals surface area (Å²) in [6.45, 7) is 5.88. The zero-order chi connectivity index (χ0) is 11.6. The Labute approximate surface area is 99.2 Å². The SMILES string of the molecule is CN1CCC(C)(CNC2CCCC2O)CC1. The Balaban J connectivity index is 1.76. The monoisotopic (exact) mass is 226 g/mol. The Bertz CT molecular complexity index is 224. The van der Waals surface area contributed by atoms with E-state index in [1.165, 1.54) is 32.4 Å². The van der Waals surface area contributed by atoms with Crippen LogP contribution in [0.25, 0.3) is 0 Å². The maximum atomic E-state index is 9.77. The van der Waals surface area contributed by atoms with Gasteiger partial charge in [-0.05, 0) is 57.7 Å². The summed E-state index contributed by atoms with van der Waals surface area (Å²) in [7, 11) is 2.20. The van der Waals surface area contributed by atoms with Crippen molar-refractivity contribution in [1.82, 2.24) is 10.2 Å². The fourth-order valence-electron chi connectivity index (χ4n) is 2.89. The number of rotatable bonds is 3. The third-order valence-corrected chi connectivity index (χ3v) is 4.46. The minimum atomic E-state index is -0.102. The largest absolute Gasteiger partial charge is 0.392 e. The van der Waals surface area contributed by atoms with Crippen LogP contribution in [-0.4, -0.2) is 48.8 Å². The van der Waals surface area contributed by atoms with Gasteiger partial charge in [0, 0.05) is 12.6 Å². The molecule has 94 valence electrons. The Morgan fingerprint density at radius 1 is 1.31 bits per heavy atom. The number of aliphatic hydroxyl groups is 1. The van der Waals surface area contributed by atoms with Crippen molar-refractivity contribution < 1.29 is 5.11 Å². The number of aliphatic hydroxyl groups excluding tert-OH is 1. The van der Waals surface area contributed by atoms with Gasteiger partial charge in [0.1, 0.15) is 0 Å². The molecule has 16 heavy (non-hydrogen) atoms. The molecule has 0 spiro atoms. The standard InChI is InChI=1S/C13H26N2O/c1-13(6-8-15(2)9-7-13)10-14-11-4-3-5-12(11)16/h11-12,14,16H,3-10H2,1-2H3. The van der Waals surface area contributed by atoms with E-state index in [-0.39, 0.29) is 6.10 Å². The van der Waals surface area contributed by atoms with Gasteiger partial charge in [0.05, 0.1) is 6.10 Å². The molecule has 1 saturated heterocycles. The predicted octanol–water partition coefficient (Wildman–Crippen LogP) is 1.22. The number of likely N-dealkylation sites (tertiary alicyclic amines) is 1. The predicted molar refractivity (Wildman–Crippen MR) is 66.5 cm³/mol. The summed E-state index contributed by atoms with van der Waals surface area (Å²) in [4.78, 5) is 2.41. The van der Waals surface area contributed by atoms with E-state index in [4.69, 9.17) is 0 Å². The number of nitrogens with one attached hydrogen (secondary N) is 1. The highest BCUT2D eigenvalue weighted by Crippen LogP contribution is 2.30. The zero-order valence-corrected chi connectivity index (χ0v) is 10.7. The highest BCUT2D eigenvalue weighted by atomic mass is 16.3. The van der Waals surface area contributed by atoms with Crippen molar-refractivity contribution in [2.45, 2.75) is 51.2 Å². The number of hydrogen-bond acceptors (Lipinski definition) is 3. The topological polar surface area (TPSA) is 35.5 Å². The molecule has 1 aliphatic carbocycles. The van der Waals surface area contributed by atoms with Gasteiger partial charge in [-0.3, -0.25) is 0 Å². The normalized spacial score (nSPS) is 35.4. The van der Waals surface area contributed by atoms with Crippen LogP contribution in [0.2, 0.25) is 0 Å². The molecule has 2 atom stereocenters. The van der Waals surface area contributed by atoms with Gasteiger partial charge in [0.25, 0.3) is 0 Å². The Morgan fingerprint density at radius 3 is 2.56 bits per heavy atom. The van der Waals surface area contributed by atoms with Crippen LogP contribution in [0.5, 0.6) is 0 Å². The van der Waals surface area contributed by atoms with E-state index in [1.807, 2.05) is 0 Å². The molecule has 0 aromatic rings. The Morgan fingerprint density at radius 2 is 2.00 bits per heavy atom. The van der Waals surface area contributed by atoms with Crippen LogP contribution in [0, 0.1) is 5.41 Å². The lowest BCUT2D eigenvalue weighted by atomic mass is 9.80. The summed E-state index contributed by atoms with van der Waals surface area (Å²) in [5, 5.41) is 13.4. The van der Waals surface area contributed by atoms with Gasteiger partial charge >= 0.3 is 0 Å². The van der Waals surface area contributed by atoms with Crippen LogP contribution in [0.1, 0.15) is 39.0 Å². The number of piperidine rings is 1. The molecule has 3 nitrogen and oxygen atoms in total. The van der Waals surface area contributed by atoms with Crippen molar-refractivity contribution in [2.24, 2.45) is 5.41 Å². The molecule has 3 heteroatoms. The lowest BCUT2D eigenvalue weighted by molar-refractivity contribution is 0.110. The zero-order valence-electron chi connectivity index (χ0n) is 10.7. The molecule has 0 bridgehead atoms. The smallest absolute Gasteiger partial charge is 0.0693 e. The summed E-state index contributed by atoms with van der Waals surface area (Å²) < 4.78 is 0. The van der Waals surface area contributed by atoms with E-state index < -0.39 is 0 Å². The van der Waals surface area contributed by atoms with Gasteiger partial charge in [0.2, 0.25) is 0 Å². The fourth-order valence-corrected chi connectivity index (χ4v) is 2.89. The second-order valence-electron chi connectivity index (χ2n) is 6.10. The first kappa shape index (κ1) is 12.3. The van der Waals surface area contributed by atoms with Gasteiger partial charge in [-0.25, -0.2) is 0 Å². The van der Waals surface area contributed by atoms with Crippen molar-refractivity contribution in [2.75, 3.05) is 26.7 Å². The molecule has 2 unspecified atom stereocenters. The molecule has 0 radical (unpaired) electrons. The van der Waals surface area contributed by atoms with E-state index in [0.717, 1.165) is 19.4 Å². The van der Waals surface area contributed by atoms with Crippen LogP contribution in [0.4, 0.5) is 0 Å². The maximum absolute atomic E-state index is 9.77. The van der Waals surface area contributed by atoms with Crippen molar-refractivity contribution in [3.8, 4) is 0 Å². The fraction of sp³-hybridized carbons (Fsp3) is 1.00. The quantitative estimate of drug-likeness (QED) is 0.759. The first-order valence-electron chi connectivity index (χ1n) is 6.69. The van der Waals surface area contributed by atoms with Gasteiger partial charge in [-0.15, -0.1) is 0 Å². The van der Waals surface area contributed by atoms with Gasteiger partial charge in [0.15, 0.2) is 0 Å². The first-order chi connectivity index (χ1) is 7.59. The molecular formula is C13H26N2O. The van der Waals surface area contributed by atoms with Crippen molar-refractivity contribution in [1.29, 1.82) is 0 Å². The van der Waals surface area contributed by atoms with Gasteiger partial charge < -0.3 is 15.3 Å². The molecule has 1 heterocycles. The van der Waals surface area contributed by atoms with E-state index in [9.17, 15) is 5.11 Å². The number of hydrogen-bond donors (Lipinski definition) is 2. The molecule has 1 saturated carbocycles. The van der Waals surface area contributed by atoms with Gasteiger partial charge in [-0.2, -0.15) is 0 Å². The van der Waals surface area contributed by atoms with Crippen LogP contribution in [0.3, 0.4) is 0 Å². The third kappa shape index (κ3) is 2.96. The van der Waals surface area contributed by atoms with Crippen molar-refractivity contribution in [3.63, 3.8) is 0 Å². The second kappa shape index (κ2) is 5.03. The summed E-state index contributed by atoms with van der Waals surface area (Å²) in [5.74, 6) is 0. The molecule has 2 aliphatic rings. The lowest BCUT2D eigenvalue weighted by Gasteiger charge is -2.39. The summed E-state index contributed by atoms with van der Waals surface area (Å²) in [5.41, 5.74) is 0.439. The molecule has 1 aliphatic heterocycles. The number of nitrogens with zero attached hydrogens (tertiary/aromatic N) is 1. The summed E-state index contributed by atoms with van der Waals surface area (Å²) in [6.07, 6.45) is 5.76. The van der Waals surface area contributed by atoms with Crippen LogP contribution >= 0.6 is 0 Å². The highest BCUT2D eigenvalue weighted by Gasteiger charge is 2.31. The summed E-state index contributed by atoms with van der Waals surface area (Å²) >= 11 is 0. The Hall–Kier alpha value is -0.120. The highest BCUT2D eigenvalue weighted by molar-refractivity contribution is 4.88. The average molecular weight is 226 g/mol. The third-order valence-electron chi connectivity index (χ3n) is 4.46. The first-order valence-corrected chi connectivity index (χ1v) is 6.69. The van der Waals surface area contributed by atoms with Crippen LogP contribution < -0.4 is 5.32 Å². The van der Waals surface area contributed by atoms with E-state index >= 15 is 0 Å². The lowest BCUT2D eigenvalue weighted by Crippen LogP contribution is -2.46. The minimum Gasteiger partial charge on any atom is -0.392 e. The minimum absolute atomic E-state index is 0.102. The molecule has 2 N–H and O–H groups in total. The van der Waals surface area contributed by atoms with Gasteiger partial charge in [-0.1, -0.05) is 6.92 Å². The molecular weight excluding hydrogens is 200 g/mol. The Kier molecular flexibility index (Phi) is 3.88. The van der Waals surface area contributed by atoms with E-state index in [1.54, 1.807) is 0 Å².